The van der Waals surface area contributed by atoms with Gasteiger partial charge in [0, 0.05) is 19.6 Å². The standard InChI is InChI=1S/C19H24N4O3S/c1-13-18(27-22-21-13)19(25)23-8-6-14(7-9-23)12-20-17(24)11-15-4-3-5-16(10-15)26-2/h3-5,10,14H,6-9,11-12H2,1-2H3,(H,20,24). The molecule has 0 atom stereocenters. The van der Waals surface area contributed by atoms with Crippen LogP contribution in [0.1, 0.15) is 33.8 Å². The lowest BCUT2D eigenvalue weighted by atomic mass is 9.96. The number of piperidine rings is 1. The highest BCUT2D eigenvalue weighted by atomic mass is 32.1. The molecule has 0 bridgehead atoms. The number of carbonyl (C=O) groups is 2. The van der Waals surface area contributed by atoms with E-state index >= 15 is 0 Å². The average Bonchev–Trinajstić information content (AvgIpc) is 3.12. The molecule has 0 aliphatic carbocycles. The summed E-state index contributed by atoms with van der Waals surface area (Å²) in [5, 5.41) is 6.93. The first kappa shape index (κ1) is 19.3. The number of hydrogen-bond acceptors (Lipinski definition) is 6. The zero-order chi connectivity index (χ0) is 19.2. The Balaban J connectivity index is 1.42. The van der Waals surface area contributed by atoms with Gasteiger partial charge in [-0.2, -0.15) is 0 Å². The average molecular weight is 388 g/mol. The summed E-state index contributed by atoms with van der Waals surface area (Å²) in [5.41, 5.74) is 1.62. The van der Waals surface area contributed by atoms with E-state index in [1.54, 1.807) is 14.0 Å². The van der Waals surface area contributed by atoms with E-state index in [1.165, 1.54) is 0 Å². The Morgan fingerprint density at radius 1 is 1.33 bits per heavy atom. The minimum atomic E-state index is 0.00752. The molecule has 3 rings (SSSR count). The van der Waals surface area contributed by atoms with Crippen molar-refractivity contribution >= 4 is 23.3 Å². The zero-order valence-electron chi connectivity index (χ0n) is 15.6. The summed E-state index contributed by atoms with van der Waals surface area (Å²) < 4.78 is 9.02. The predicted octanol–water partition coefficient (Wildman–Crippen LogP) is 2.07. The van der Waals surface area contributed by atoms with Gasteiger partial charge in [-0.05, 0) is 54.9 Å². The fourth-order valence-electron chi connectivity index (χ4n) is 3.20. The zero-order valence-corrected chi connectivity index (χ0v) is 16.4. The Morgan fingerprint density at radius 2 is 2.11 bits per heavy atom. The molecule has 8 heteroatoms. The second-order valence-corrected chi connectivity index (χ2v) is 7.51. The fraction of sp³-hybridized carbons (Fsp3) is 0.474. The van der Waals surface area contributed by atoms with Gasteiger partial charge in [0.15, 0.2) is 0 Å². The largest absolute Gasteiger partial charge is 0.497 e. The van der Waals surface area contributed by atoms with Crippen LogP contribution in [-0.4, -0.2) is 53.0 Å². The van der Waals surface area contributed by atoms with Crippen molar-refractivity contribution in [2.45, 2.75) is 26.2 Å². The van der Waals surface area contributed by atoms with Crippen LogP contribution in [-0.2, 0) is 11.2 Å². The van der Waals surface area contributed by atoms with Crippen LogP contribution < -0.4 is 10.1 Å². The van der Waals surface area contributed by atoms with Gasteiger partial charge in [0.2, 0.25) is 5.91 Å². The number of aryl methyl sites for hydroxylation is 1. The van der Waals surface area contributed by atoms with Crippen LogP contribution in [0.2, 0.25) is 0 Å². The molecule has 144 valence electrons. The predicted molar refractivity (Wildman–Crippen MR) is 103 cm³/mol. The van der Waals surface area contributed by atoms with Crippen molar-refractivity contribution in [3.05, 3.63) is 40.4 Å². The topological polar surface area (TPSA) is 84.4 Å². The van der Waals surface area contributed by atoms with Crippen molar-refractivity contribution in [3.8, 4) is 5.75 Å². The first-order chi connectivity index (χ1) is 13.1. The maximum atomic E-state index is 12.5. The Kier molecular flexibility index (Phi) is 6.39. The van der Waals surface area contributed by atoms with Gasteiger partial charge in [0.05, 0.1) is 19.2 Å². The SMILES string of the molecule is COc1cccc(CC(=O)NCC2CCN(C(=O)c3snnc3C)CC2)c1. The number of aromatic nitrogens is 2. The van der Waals surface area contributed by atoms with Crippen molar-refractivity contribution < 1.29 is 14.3 Å². The smallest absolute Gasteiger partial charge is 0.267 e. The summed E-state index contributed by atoms with van der Waals surface area (Å²) in [6.07, 6.45) is 2.11. The van der Waals surface area contributed by atoms with Crippen molar-refractivity contribution in [2.24, 2.45) is 5.92 Å². The molecule has 1 fully saturated rings. The van der Waals surface area contributed by atoms with Crippen LogP contribution in [0.3, 0.4) is 0 Å². The third kappa shape index (κ3) is 5.03. The van der Waals surface area contributed by atoms with E-state index in [2.05, 4.69) is 14.9 Å². The summed E-state index contributed by atoms with van der Waals surface area (Å²) in [6, 6.07) is 7.54. The molecule has 1 aromatic heterocycles. The van der Waals surface area contributed by atoms with Crippen molar-refractivity contribution in [2.75, 3.05) is 26.7 Å². The Labute approximate surface area is 162 Å². The number of likely N-dealkylation sites (tertiary alicyclic amines) is 1. The lowest BCUT2D eigenvalue weighted by Crippen LogP contribution is -2.41. The molecule has 1 saturated heterocycles. The van der Waals surface area contributed by atoms with Crippen molar-refractivity contribution in [1.29, 1.82) is 0 Å². The number of carbonyl (C=O) groups excluding carboxylic acids is 2. The number of ether oxygens (including phenoxy) is 1. The van der Waals surface area contributed by atoms with Crippen molar-refractivity contribution in [3.63, 3.8) is 0 Å². The number of amides is 2. The van der Waals surface area contributed by atoms with Crippen LogP contribution in [0.4, 0.5) is 0 Å². The summed E-state index contributed by atoms with van der Waals surface area (Å²) in [4.78, 5) is 27.2. The van der Waals surface area contributed by atoms with E-state index in [0.29, 0.717) is 42.5 Å². The van der Waals surface area contributed by atoms with E-state index in [0.717, 1.165) is 35.7 Å². The van der Waals surface area contributed by atoms with Gasteiger partial charge in [0.25, 0.3) is 5.91 Å². The number of rotatable bonds is 6. The molecule has 1 aromatic carbocycles. The molecule has 0 unspecified atom stereocenters. The second kappa shape index (κ2) is 8.94. The molecule has 2 aromatic rings. The monoisotopic (exact) mass is 388 g/mol. The minimum absolute atomic E-state index is 0.00752. The van der Waals surface area contributed by atoms with Crippen LogP contribution in [0.15, 0.2) is 24.3 Å². The third-order valence-corrected chi connectivity index (χ3v) is 5.65. The molecule has 0 radical (unpaired) electrons. The number of nitrogens with zero attached hydrogens (tertiary/aromatic N) is 3. The molecule has 1 aliphatic rings. The summed E-state index contributed by atoms with van der Waals surface area (Å²) in [5.74, 6) is 1.17. The third-order valence-electron chi connectivity index (χ3n) is 4.83. The lowest BCUT2D eigenvalue weighted by molar-refractivity contribution is -0.120. The van der Waals surface area contributed by atoms with Crippen LogP contribution >= 0.6 is 11.5 Å². The highest BCUT2D eigenvalue weighted by Gasteiger charge is 2.26. The molecule has 0 spiro atoms. The Bertz CT molecular complexity index is 800. The van der Waals surface area contributed by atoms with Crippen LogP contribution in [0, 0.1) is 12.8 Å². The second-order valence-electron chi connectivity index (χ2n) is 6.76. The molecular formula is C19H24N4O3S. The van der Waals surface area contributed by atoms with Crippen molar-refractivity contribution in [1.82, 2.24) is 19.8 Å². The fourth-order valence-corrected chi connectivity index (χ4v) is 3.83. The normalized spacial score (nSPS) is 14.8. The maximum absolute atomic E-state index is 12.5. The van der Waals surface area contributed by atoms with E-state index in [-0.39, 0.29) is 11.8 Å². The molecule has 7 nitrogen and oxygen atoms in total. The number of methoxy groups -OCH3 is 1. The maximum Gasteiger partial charge on any atom is 0.267 e. The minimum Gasteiger partial charge on any atom is -0.497 e. The van der Waals surface area contributed by atoms with Gasteiger partial charge in [-0.15, -0.1) is 5.10 Å². The van der Waals surface area contributed by atoms with Gasteiger partial charge in [-0.25, -0.2) is 0 Å². The quantitative estimate of drug-likeness (QED) is 0.819. The summed E-state index contributed by atoms with van der Waals surface area (Å²) in [6.45, 7) is 3.85. The molecule has 1 aliphatic heterocycles. The van der Waals surface area contributed by atoms with E-state index in [1.807, 2.05) is 29.2 Å². The number of hydrogen-bond donors (Lipinski definition) is 1. The molecule has 1 N–H and O–H groups in total. The van der Waals surface area contributed by atoms with E-state index in [9.17, 15) is 9.59 Å². The highest BCUT2D eigenvalue weighted by Crippen LogP contribution is 2.20. The first-order valence-electron chi connectivity index (χ1n) is 9.04. The summed E-state index contributed by atoms with van der Waals surface area (Å²) in [7, 11) is 1.61. The Hall–Kier alpha value is -2.48. The van der Waals surface area contributed by atoms with Crippen LogP contribution in [0.25, 0.3) is 0 Å². The Morgan fingerprint density at radius 3 is 2.78 bits per heavy atom. The number of benzene rings is 1. The highest BCUT2D eigenvalue weighted by molar-refractivity contribution is 7.07. The molecule has 2 amide bonds. The van der Waals surface area contributed by atoms with Crippen LogP contribution in [0.5, 0.6) is 5.75 Å². The first-order valence-corrected chi connectivity index (χ1v) is 9.82. The summed E-state index contributed by atoms with van der Waals surface area (Å²) >= 11 is 1.15. The van der Waals surface area contributed by atoms with Gasteiger partial charge < -0.3 is 15.0 Å². The number of nitrogens with one attached hydrogen (secondary N) is 1. The van der Waals surface area contributed by atoms with Gasteiger partial charge in [-0.1, -0.05) is 16.6 Å². The van der Waals surface area contributed by atoms with Gasteiger partial charge in [-0.3, -0.25) is 9.59 Å². The molecular weight excluding hydrogens is 364 g/mol. The van der Waals surface area contributed by atoms with E-state index < -0.39 is 0 Å². The lowest BCUT2D eigenvalue weighted by Gasteiger charge is -2.31. The van der Waals surface area contributed by atoms with Gasteiger partial charge >= 0.3 is 0 Å². The molecule has 2 heterocycles. The molecule has 0 saturated carbocycles. The van der Waals surface area contributed by atoms with E-state index in [4.69, 9.17) is 4.74 Å². The van der Waals surface area contributed by atoms with Gasteiger partial charge in [0.1, 0.15) is 10.6 Å². The molecule has 27 heavy (non-hydrogen) atoms.